The fourth-order valence-corrected chi connectivity index (χ4v) is 1.97. The molecule has 0 saturated carbocycles. The SMILES string of the molecule is Cc1nn(CCN(C)C)c(C)c1C(C)C(=O)O. The highest BCUT2D eigenvalue weighted by molar-refractivity contribution is 5.76. The second-order valence-electron chi connectivity index (χ2n) is 4.67. The Labute approximate surface area is 102 Å². The number of likely N-dealkylation sites (N-methyl/N-ethyl adjacent to an activating group) is 1. The van der Waals surface area contributed by atoms with E-state index in [0.29, 0.717) is 0 Å². The van der Waals surface area contributed by atoms with Gasteiger partial charge in [-0.05, 0) is 34.9 Å². The molecular formula is C12H21N3O2. The number of carboxylic acids is 1. The van der Waals surface area contributed by atoms with Crippen molar-refractivity contribution in [3.63, 3.8) is 0 Å². The molecule has 1 atom stereocenters. The first-order valence-electron chi connectivity index (χ1n) is 5.76. The van der Waals surface area contributed by atoms with Crippen LogP contribution in [-0.2, 0) is 11.3 Å². The molecule has 0 fully saturated rings. The van der Waals surface area contributed by atoms with E-state index in [-0.39, 0.29) is 0 Å². The van der Waals surface area contributed by atoms with Crippen LogP contribution in [0.3, 0.4) is 0 Å². The molecule has 0 aliphatic heterocycles. The third kappa shape index (κ3) is 3.06. The quantitative estimate of drug-likeness (QED) is 0.840. The van der Waals surface area contributed by atoms with Crippen molar-refractivity contribution in [1.82, 2.24) is 14.7 Å². The first kappa shape index (κ1) is 13.7. The molecule has 0 amide bonds. The zero-order valence-electron chi connectivity index (χ0n) is 11.2. The van der Waals surface area contributed by atoms with E-state index >= 15 is 0 Å². The third-order valence-electron chi connectivity index (χ3n) is 3.00. The van der Waals surface area contributed by atoms with Gasteiger partial charge in [0.1, 0.15) is 0 Å². The summed E-state index contributed by atoms with van der Waals surface area (Å²) in [5, 5.41) is 13.5. The van der Waals surface area contributed by atoms with Gasteiger partial charge in [0.05, 0.1) is 18.2 Å². The molecule has 5 nitrogen and oxygen atoms in total. The predicted octanol–water partition coefficient (Wildman–Crippen LogP) is 1.25. The number of aryl methyl sites for hydroxylation is 1. The number of carboxylic acid groups (broad SMARTS) is 1. The lowest BCUT2D eigenvalue weighted by Gasteiger charge is -2.11. The second kappa shape index (κ2) is 5.31. The Balaban J connectivity index is 2.97. The van der Waals surface area contributed by atoms with Crippen molar-refractivity contribution in [1.29, 1.82) is 0 Å². The van der Waals surface area contributed by atoms with Gasteiger partial charge in [0, 0.05) is 17.8 Å². The van der Waals surface area contributed by atoms with Gasteiger partial charge in [0.25, 0.3) is 0 Å². The average molecular weight is 239 g/mol. The molecule has 0 saturated heterocycles. The highest BCUT2D eigenvalue weighted by Crippen LogP contribution is 2.23. The molecule has 1 N–H and O–H groups in total. The normalized spacial score (nSPS) is 13.1. The Morgan fingerprint density at radius 2 is 2.06 bits per heavy atom. The molecule has 1 aromatic heterocycles. The number of nitrogens with zero attached hydrogens (tertiary/aromatic N) is 3. The largest absolute Gasteiger partial charge is 0.481 e. The van der Waals surface area contributed by atoms with Crippen LogP contribution < -0.4 is 0 Å². The predicted molar refractivity (Wildman–Crippen MR) is 66.3 cm³/mol. The topological polar surface area (TPSA) is 58.4 Å². The van der Waals surface area contributed by atoms with Crippen molar-refractivity contribution in [2.75, 3.05) is 20.6 Å². The van der Waals surface area contributed by atoms with Gasteiger partial charge in [-0.1, -0.05) is 0 Å². The van der Waals surface area contributed by atoms with Crippen LogP contribution in [0.4, 0.5) is 0 Å². The molecule has 1 unspecified atom stereocenters. The standard InChI is InChI=1S/C12H21N3O2/c1-8(12(16)17)11-9(2)13-15(10(11)3)7-6-14(4)5/h8H,6-7H2,1-5H3,(H,16,17). The van der Waals surface area contributed by atoms with Gasteiger partial charge in [0.15, 0.2) is 0 Å². The monoisotopic (exact) mass is 239 g/mol. The molecule has 5 heteroatoms. The average Bonchev–Trinajstić information content (AvgIpc) is 2.50. The van der Waals surface area contributed by atoms with E-state index in [0.717, 1.165) is 30.0 Å². The molecule has 0 aliphatic rings. The molecule has 0 radical (unpaired) electrons. The maximum atomic E-state index is 11.0. The van der Waals surface area contributed by atoms with Crippen LogP contribution in [0.1, 0.15) is 29.8 Å². The molecule has 0 aliphatic carbocycles. The van der Waals surface area contributed by atoms with E-state index in [1.54, 1.807) is 6.92 Å². The summed E-state index contributed by atoms with van der Waals surface area (Å²) in [5.41, 5.74) is 2.62. The van der Waals surface area contributed by atoms with Crippen molar-refractivity contribution in [2.24, 2.45) is 0 Å². The van der Waals surface area contributed by atoms with Crippen molar-refractivity contribution in [3.05, 3.63) is 17.0 Å². The molecule has 1 rings (SSSR count). The van der Waals surface area contributed by atoms with E-state index in [2.05, 4.69) is 10.00 Å². The lowest BCUT2D eigenvalue weighted by Crippen LogP contribution is -2.20. The highest BCUT2D eigenvalue weighted by Gasteiger charge is 2.22. The van der Waals surface area contributed by atoms with Crippen LogP contribution in [-0.4, -0.2) is 46.4 Å². The van der Waals surface area contributed by atoms with E-state index in [9.17, 15) is 4.79 Å². The van der Waals surface area contributed by atoms with Gasteiger partial charge in [-0.25, -0.2) is 0 Å². The zero-order valence-corrected chi connectivity index (χ0v) is 11.2. The van der Waals surface area contributed by atoms with E-state index in [1.807, 2.05) is 32.6 Å². The maximum absolute atomic E-state index is 11.0. The molecule has 0 spiro atoms. The summed E-state index contributed by atoms with van der Waals surface area (Å²) in [6, 6.07) is 0. The van der Waals surface area contributed by atoms with Crippen LogP contribution >= 0.6 is 0 Å². The summed E-state index contributed by atoms with van der Waals surface area (Å²) >= 11 is 0. The molecule has 0 aromatic carbocycles. The van der Waals surface area contributed by atoms with Crippen molar-refractivity contribution >= 4 is 5.97 Å². The molecule has 0 bridgehead atoms. The van der Waals surface area contributed by atoms with Gasteiger partial charge in [0.2, 0.25) is 0 Å². The van der Waals surface area contributed by atoms with Crippen LogP contribution in [0.15, 0.2) is 0 Å². The summed E-state index contributed by atoms with van der Waals surface area (Å²) in [6.07, 6.45) is 0. The molecule has 1 aromatic rings. The number of rotatable bonds is 5. The Morgan fingerprint density at radius 3 is 2.53 bits per heavy atom. The summed E-state index contributed by atoms with van der Waals surface area (Å²) < 4.78 is 1.89. The van der Waals surface area contributed by atoms with Crippen LogP contribution in [0, 0.1) is 13.8 Å². The summed E-state index contributed by atoms with van der Waals surface area (Å²) in [6.45, 7) is 7.18. The van der Waals surface area contributed by atoms with Crippen LogP contribution in [0.5, 0.6) is 0 Å². The minimum atomic E-state index is -0.802. The van der Waals surface area contributed by atoms with Crippen molar-refractivity contribution < 1.29 is 9.90 Å². The fourth-order valence-electron chi connectivity index (χ4n) is 1.97. The number of hydrogen-bond acceptors (Lipinski definition) is 3. The first-order valence-corrected chi connectivity index (χ1v) is 5.76. The molecule has 1 heterocycles. The second-order valence-corrected chi connectivity index (χ2v) is 4.67. The minimum absolute atomic E-state index is 0.497. The fraction of sp³-hybridized carbons (Fsp3) is 0.667. The Hall–Kier alpha value is -1.36. The van der Waals surface area contributed by atoms with Gasteiger partial charge in [-0.3, -0.25) is 9.48 Å². The van der Waals surface area contributed by atoms with E-state index in [1.165, 1.54) is 0 Å². The van der Waals surface area contributed by atoms with Crippen LogP contribution in [0.2, 0.25) is 0 Å². The third-order valence-corrected chi connectivity index (χ3v) is 3.00. The Morgan fingerprint density at radius 1 is 1.47 bits per heavy atom. The number of carbonyl (C=O) groups is 1. The van der Waals surface area contributed by atoms with Gasteiger partial charge < -0.3 is 10.0 Å². The molecular weight excluding hydrogens is 218 g/mol. The van der Waals surface area contributed by atoms with E-state index < -0.39 is 11.9 Å². The smallest absolute Gasteiger partial charge is 0.310 e. The molecule has 17 heavy (non-hydrogen) atoms. The molecule has 96 valence electrons. The van der Waals surface area contributed by atoms with Gasteiger partial charge >= 0.3 is 5.97 Å². The van der Waals surface area contributed by atoms with Crippen molar-refractivity contribution in [3.8, 4) is 0 Å². The van der Waals surface area contributed by atoms with Crippen LogP contribution in [0.25, 0.3) is 0 Å². The zero-order chi connectivity index (χ0) is 13.2. The number of aliphatic carboxylic acids is 1. The number of hydrogen-bond donors (Lipinski definition) is 1. The lowest BCUT2D eigenvalue weighted by atomic mass is 9.99. The lowest BCUT2D eigenvalue weighted by molar-refractivity contribution is -0.138. The number of aromatic nitrogens is 2. The summed E-state index contributed by atoms with van der Waals surface area (Å²) in [7, 11) is 4.01. The van der Waals surface area contributed by atoms with Gasteiger partial charge in [-0.15, -0.1) is 0 Å². The Kier molecular flexibility index (Phi) is 4.28. The van der Waals surface area contributed by atoms with E-state index in [4.69, 9.17) is 5.11 Å². The van der Waals surface area contributed by atoms with Crippen molar-refractivity contribution in [2.45, 2.75) is 33.2 Å². The summed E-state index contributed by atoms with van der Waals surface area (Å²) in [5.74, 6) is -1.30. The van der Waals surface area contributed by atoms with Gasteiger partial charge in [-0.2, -0.15) is 5.10 Å². The highest BCUT2D eigenvalue weighted by atomic mass is 16.4. The summed E-state index contributed by atoms with van der Waals surface area (Å²) in [4.78, 5) is 13.1. The first-order chi connectivity index (χ1) is 7.84. The Bertz CT molecular complexity index is 410. The minimum Gasteiger partial charge on any atom is -0.481 e. The maximum Gasteiger partial charge on any atom is 0.310 e.